The van der Waals surface area contributed by atoms with Crippen molar-refractivity contribution in [3.63, 3.8) is 0 Å². The van der Waals surface area contributed by atoms with E-state index in [0.717, 1.165) is 30.2 Å². The molecule has 2 aromatic rings. The van der Waals surface area contributed by atoms with E-state index in [9.17, 15) is 0 Å². The van der Waals surface area contributed by atoms with Crippen molar-refractivity contribution in [3.8, 4) is 0 Å². The Balaban J connectivity index is 2.30. The number of aryl methyl sites for hydroxylation is 1. The normalized spacial score (nSPS) is 16.4. The van der Waals surface area contributed by atoms with E-state index in [2.05, 4.69) is 20.9 Å². The molecule has 0 amide bonds. The third-order valence-electron chi connectivity index (χ3n) is 2.45. The first-order valence-electron chi connectivity index (χ1n) is 4.51. The van der Waals surface area contributed by atoms with Gasteiger partial charge in [0.15, 0.2) is 4.96 Å². The zero-order valence-corrected chi connectivity index (χ0v) is 8.32. The van der Waals surface area contributed by atoms with Crippen LogP contribution in [0.25, 0.3) is 4.96 Å². The molecule has 3 heterocycles. The highest BCUT2D eigenvalue weighted by atomic mass is 32.1. The Labute approximate surface area is 80.4 Å². The Hall–Kier alpha value is -0.870. The number of nitrogens with one attached hydrogen (secondary N) is 1. The lowest BCUT2D eigenvalue weighted by molar-refractivity contribution is 0.638. The van der Waals surface area contributed by atoms with Crippen LogP contribution < -0.4 is 5.32 Å². The van der Waals surface area contributed by atoms with Gasteiger partial charge in [0.1, 0.15) is 0 Å². The van der Waals surface area contributed by atoms with Crippen molar-refractivity contribution in [1.82, 2.24) is 14.7 Å². The van der Waals surface area contributed by atoms with Gasteiger partial charge in [0.2, 0.25) is 0 Å². The van der Waals surface area contributed by atoms with Crippen LogP contribution in [0.4, 0.5) is 0 Å². The quantitative estimate of drug-likeness (QED) is 0.684. The van der Waals surface area contributed by atoms with Crippen molar-refractivity contribution in [3.05, 3.63) is 22.5 Å². The number of imidazole rings is 1. The monoisotopic (exact) mass is 193 g/mol. The van der Waals surface area contributed by atoms with Gasteiger partial charge in [0.05, 0.1) is 5.69 Å². The topological polar surface area (TPSA) is 29.3 Å². The summed E-state index contributed by atoms with van der Waals surface area (Å²) in [5.41, 5.74) is 2.58. The fourth-order valence-electron chi connectivity index (χ4n) is 1.85. The molecule has 0 fully saturated rings. The first-order valence-corrected chi connectivity index (χ1v) is 5.33. The second kappa shape index (κ2) is 2.56. The number of thiazole rings is 1. The van der Waals surface area contributed by atoms with Crippen molar-refractivity contribution < 1.29 is 0 Å². The van der Waals surface area contributed by atoms with Crippen molar-refractivity contribution >= 4 is 16.3 Å². The zero-order chi connectivity index (χ0) is 8.84. The smallest absolute Gasteiger partial charge is 0.194 e. The molecule has 2 aromatic heterocycles. The summed E-state index contributed by atoms with van der Waals surface area (Å²) in [7, 11) is 0. The van der Waals surface area contributed by atoms with Gasteiger partial charge in [0, 0.05) is 36.3 Å². The molecule has 3 nitrogen and oxygen atoms in total. The van der Waals surface area contributed by atoms with Gasteiger partial charge in [0.25, 0.3) is 0 Å². The van der Waals surface area contributed by atoms with Crippen LogP contribution in [0, 0.1) is 6.92 Å². The predicted octanol–water partition coefficient (Wildman–Crippen LogP) is 1.35. The second-order valence-electron chi connectivity index (χ2n) is 3.43. The summed E-state index contributed by atoms with van der Waals surface area (Å²) in [5, 5.41) is 3.38. The molecule has 4 heteroatoms. The van der Waals surface area contributed by atoms with Gasteiger partial charge in [-0.1, -0.05) is 11.3 Å². The van der Waals surface area contributed by atoms with E-state index >= 15 is 0 Å². The van der Waals surface area contributed by atoms with Gasteiger partial charge in [-0.15, -0.1) is 0 Å². The molecule has 68 valence electrons. The van der Waals surface area contributed by atoms with Gasteiger partial charge in [-0.25, -0.2) is 4.98 Å². The predicted molar refractivity (Wildman–Crippen MR) is 53.2 cm³/mol. The highest BCUT2D eigenvalue weighted by molar-refractivity contribution is 7.17. The lowest BCUT2D eigenvalue weighted by atomic mass is 10.2. The van der Waals surface area contributed by atoms with E-state index in [4.69, 9.17) is 0 Å². The van der Waals surface area contributed by atoms with Crippen LogP contribution in [0.2, 0.25) is 0 Å². The molecule has 0 spiro atoms. The van der Waals surface area contributed by atoms with Crippen molar-refractivity contribution in [2.24, 2.45) is 0 Å². The maximum Gasteiger partial charge on any atom is 0.194 e. The molecule has 0 saturated heterocycles. The van der Waals surface area contributed by atoms with E-state index in [1.165, 1.54) is 10.6 Å². The molecule has 0 atom stereocenters. The Bertz CT molecular complexity index is 455. The first kappa shape index (κ1) is 7.53. The lowest BCUT2D eigenvalue weighted by Crippen LogP contribution is -2.23. The highest BCUT2D eigenvalue weighted by Gasteiger charge is 2.16. The fraction of sp³-hybridized carbons (Fsp3) is 0.444. The minimum Gasteiger partial charge on any atom is -0.311 e. The second-order valence-corrected chi connectivity index (χ2v) is 4.50. The Morgan fingerprint density at radius 1 is 1.62 bits per heavy atom. The Kier molecular flexibility index (Phi) is 1.48. The third-order valence-corrected chi connectivity index (χ3v) is 3.54. The van der Waals surface area contributed by atoms with Gasteiger partial charge >= 0.3 is 0 Å². The largest absolute Gasteiger partial charge is 0.311 e. The fourth-order valence-corrected chi connectivity index (χ4v) is 3.01. The molecule has 0 unspecified atom stereocenters. The zero-order valence-electron chi connectivity index (χ0n) is 7.50. The Morgan fingerprint density at radius 2 is 2.54 bits per heavy atom. The van der Waals surface area contributed by atoms with Gasteiger partial charge in [-0.05, 0) is 6.92 Å². The molecule has 1 aliphatic heterocycles. The van der Waals surface area contributed by atoms with Crippen LogP contribution in [0.5, 0.6) is 0 Å². The standard InChI is InChI=1S/C9H11N3S/c1-6-5-12-7-2-3-10-4-8(7)13-9(12)11-6/h5,10H,2-4H2,1H3. The van der Waals surface area contributed by atoms with Crippen LogP contribution in [0.1, 0.15) is 16.3 Å². The Morgan fingerprint density at radius 3 is 3.46 bits per heavy atom. The van der Waals surface area contributed by atoms with Gasteiger partial charge in [-0.3, -0.25) is 4.40 Å². The van der Waals surface area contributed by atoms with Gasteiger partial charge < -0.3 is 5.32 Å². The van der Waals surface area contributed by atoms with E-state index in [1.807, 2.05) is 18.3 Å². The maximum atomic E-state index is 4.47. The van der Waals surface area contributed by atoms with E-state index in [0.29, 0.717) is 0 Å². The summed E-state index contributed by atoms with van der Waals surface area (Å²) in [4.78, 5) is 7.07. The molecule has 0 saturated carbocycles. The van der Waals surface area contributed by atoms with Gasteiger partial charge in [-0.2, -0.15) is 0 Å². The number of hydrogen-bond acceptors (Lipinski definition) is 3. The molecule has 0 aliphatic carbocycles. The summed E-state index contributed by atoms with van der Waals surface area (Å²) >= 11 is 1.81. The van der Waals surface area contributed by atoms with Crippen LogP contribution in [-0.2, 0) is 13.0 Å². The summed E-state index contributed by atoms with van der Waals surface area (Å²) in [6.07, 6.45) is 3.26. The van der Waals surface area contributed by atoms with Crippen LogP contribution >= 0.6 is 11.3 Å². The van der Waals surface area contributed by atoms with Crippen molar-refractivity contribution in [1.29, 1.82) is 0 Å². The number of aromatic nitrogens is 2. The highest BCUT2D eigenvalue weighted by Crippen LogP contribution is 2.25. The van der Waals surface area contributed by atoms with E-state index in [1.54, 1.807) is 0 Å². The lowest BCUT2D eigenvalue weighted by Gasteiger charge is -2.11. The average molecular weight is 193 g/mol. The SMILES string of the molecule is Cc1cn2c3c(sc2n1)CNCC3. The van der Waals surface area contributed by atoms with E-state index < -0.39 is 0 Å². The number of nitrogens with zero attached hydrogens (tertiary/aromatic N) is 2. The summed E-state index contributed by atoms with van der Waals surface area (Å²) < 4.78 is 2.25. The summed E-state index contributed by atoms with van der Waals surface area (Å²) in [6.45, 7) is 4.16. The maximum absolute atomic E-state index is 4.47. The molecule has 0 radical (unpaired) electrons. The van der Waals surface area contributed by atoms with Crippen LogP contribution in [0.3, 0.4) is 0 Å². The molecule has 0 bridgehead atoms. The van der Waals surface area contributed by atoms with Crippen molar-refractivity contribution in [2.45, 2.75) is 19.9 Å². The summed E-state index contributed by atoms with van der Waals surface area (Å²) in [6, 6.07) is 0. The van der Waals surface area contributed by atoms with Crippen LogP contribution in [-0.4, -0.2) is 15.9 Å². The third kappa shape index (κ3) is 1.02. The van der Waals surface area contributed by atoms with Crippen LogP contribution in [0.15, 0.2) is 6.20 Å². The molecular formula is C9H11N3S. The molecule has 0 aromatic carbocycles. The average Bonchev–Trinajstić information content (AvgIpc) is 2.60. The first-order chi connectivity index (χ1) is 6.34. The van der Waals surface area contributed by atoms with Crippen molar-refractivity contribution in [2.75, 3.05) is 6.54 Å². The minimum atomic E-state index is 1.02. The number of rotatable bonds is 0. The van der Waals surface area contributed by atoms with E-state index in [-0.39, 0.29) is 0 Å². The molecule has 3 rings (SSSR count). The minimum absolute atomic E-state index is 1.02. The molecular weight excluding hydrogens is 182 g/mol. The molecule has 13 heavy (non-hydrogen) atoms. The number of hydrogen-bond donors (Lipinski definition) is 1. The molecule has 1 aliphatic rings. The molecule has 1 N–H and O–H groups in total. The summed E-state index contributed by atoms with van der Waals surface area (Å²) in [5.74, 6) is 0. The number of fused-ring (bicyclic) bond motifs is 3.